The van der Waals surface area contributed by atoms with Gasteiger partial charge in [-0.1, -0.05) is 0 Å². The third-order valence-corrected chi connectivity index (χ3v) is 3.68. The normalized spacial score (nSPS) is 13.0. The Balaban J connectivity index is 2.62. The van der Waals surface area contributed by atoms with Gasteiger partial charge in [0.05, 0.1) is 18.2 Å². The number of carbonyl (C=O) groups excluding carboxylic acids is 1. The van der Waals surface area contributed by atoms with Gasteiger partial charge in [-0.15, -0.1) is 11.3 Å². The van der Waals surface area contributed by atoms with Crippen LogP contribution in [0.5, 0.6) is 0 Å². The summed E-state index contributed by atoms with van der Waals surface area (Å²) in [6.07, 6.45) is -0.0226. The number of nitrogens with zero attached hydrogens (tertiary/aromatic N) is 2. The first-order valence-corrected chi connectivity index (χ1v) is 7.36. The molecule has 1 atom stereocenters. The molecule has 0 aliphatic carbocycles. The van der Waals surface area contributed by atoms with E-state index in [0.717, 1.165) is 10.7 Å². The summed E-state index contributed by atoms with van der Waals surface area (Å²) >= 11 is 1.50. The second-order valence-corrected chi connectivity index (χ2v) is 5.90. The fourth-order valence-corrected chi connectivity index (χ4v) is 2.52. The van der Waals surface area contributed by atoms with Crippen LogP contribution < -0.4 is 5.32 Å². The predicted octanol–water partition coefficient (Wildman–Crippen LogP) is 1.02. The van der Waals surface area contributed by atoms with E-state index in [-0.39, 0.29) is 12.0 Å². The van der Waals surface area contributed by atoms with Crippen LogP contribution in [0.15, 0.2) is 5.38 Å². The minimum atomic E-state index is -0.355. The molecule has 0 aliphatic heterocycles. The van der Waals surface area contributed by atoms with Crippen LogP contribution in [0, 0.1) is 0 Å². The maximum Gasteiger partial charge on any atom is 0.226 e. The number of carbonyl (C=O) groups is 1. The quantitative estimate of drug-likeness (QED) is 0.785. The van der Waals surface area contributed by atoms with Gasteiger partial charge in [-0.3, -0.25) is 9.69 Å². The van der Waals surface area contributed by atoms with Crippen LogP contribution >= 0.6 is 11.3 Å². The van der Waals surface area contributed by atoms with Gasteiger partial charge in [0.2, 0.25) is 5.91 Å². The number of likely N-dealkylation sites (N-methyl/N-ethyl adjacent to an activating group) is 1. The maximum absolute atomic E-state index is 11.3. The van der Waals surface area contributed by atoms with Crippen molar-refractivity contribution in [1.29, 1.82) is 0 Å². The van der Waals surface area contributed by atoms with Crippen LogP contribution in [0.25, 0.3) is 0 Å². The fourth-order valence-electron chi connectivity index (χ4n) is 1.73. The standard InChI is InChI=1S/C13H23N3O2S/c1-9(2)16(6-10(3)17)7-11-8-19-13(15-11)5-12(18)14-4/h8-10,17H,5-7H2,1-4H3,(H,14,18). The smallest absolute Gasteiger partial charge is 0.226 e. The summed E-state index contributed by atoms with van der Waals surface area (Å²) in [6.45, 7) is 7.31. The van der Waals surface area contributed by atoms with Crippen LogP contribution in [0.3, 0.4) is 0 Å². The molecule has 1 aromatic rings. The van der Waals surface area contributed by atoms with Crippen molar-refractivity contribution < 1.29 is 9.90 Å². The molecule has 1 aromatic heterocycles. The van der Waals surface area contributed by atoms with Crippen molar-refractivity contribution in [2.24, 2.45) is 0 Å². The summed E-state index contributed by atoms with van der Waals surface area (Å²) in [7, 11) is 1.62. The minimum Gasteiger partial charge on any atom is -0.392 e. The Bertz CT molecular complexity index is 404. The average Bonchev–Trinajstić information content (AvgIpc) is 2.74. The van der Waals surface area contributed by atoms with Crippen molar-refractivity contribution in [1.82, 2.24) is 15.2 Å². The molecular weight excluding hydrogens is 262 g/mol. The summed E-state index contributed by atoms with van der Waals surface area (Å²) in [6, 6.07) is 0.346. The zero-order valence-corrected chi connectivity index (χ0v) is 12.8. The Morgan fingerprint density at radius 3 is 2.74 bits per heavy atom. The van der Waals surface area contributed by atoms with Crippen molar-refractivity contribution in [3.05, 3.63) is 16.1 Å². The highest BCUT2D eigenvalue weighted by atomic mass is 32.1. The molecule has 1 unspecified atom stereocenters. The van der Waals surface area contributed by atoms with Crippen molar-refractivity contribution in [2.75, 3.05) is 13.6 Å². The van der Waals surface area contributed by atoms with E-state index < -0.39 is 0 Å². The molecule has 0 fully saturated rings. The molecule has 0 saturated carbocycles. The number of hydrogen-bond acceptors (Lipinski definition) is 5. The highest BCUT2D eigenvalue weighted by Gasteiger charge is 2.15. The molecule has 0 aliphatic rings. The van der Waals surface area contributed by atoms with Crippen LogP contribution in [-0.2, 0) is 17.8 Å². The number of thiazole rings is 1. The topological polar surface area (TPSA) is 65.5 Å². The number of aliphatic hydroxyl groups is 1. The van der Waals surface area contributed by atoms with Crippen molar-refractivity contribution >= 4 is 17.2 Å². The van der Waals surface area contributed by atoms with E-state index in [1.54, 1.807) is 14.0 Å². The van der Waals surface area contributed by atoms with Crippen LogP contribution in [0.4, 0.5) is 0 Å². The van der Waals surface area contributed by atoms with E-state index in [1.165, 1.54) is 11.3 Å². The molecule has 0 bridgehead atoms. The molecular formula is C13H23N3O2S. The largest absolute Gasteiger partial charge is 0.392 e. The molecule has 19 heavy (non-hydrogen) atoms. The second kappa shape index (κ2) is 7.57. The number of hydrogen-bond donors (Lipinski definition) is 2. The average molecular weight is 285 g/mol. The lowest BCUT2D eigenvalue weighted by Crippen LogP contribution is -2.36. The number of amides is 1. The van der Waals surface area contributed by atoms with Crippen LogP contribution in [0.1, 0.15) is 31.5 Å². The van der Waals surface area contributed by atoms with Gasteiger partial charge in [-0.2, -0.15) is 0 Å². The summed E-state index contributed by atoms with van der Waals surface area (Å²) in [5.41, 5.74) is 0.957. The number of aliphatic hydroxyl groups excluding tert-OH is 1. The first-order valence-electron chi connectivity index (χ1n) is 6.48. The molecule has 6 heteroatoms. The van der Waals surface area contributed by atoms with E-state index in [2.05, 4.69) is 29.0 Å². The van der Waals surface area contributed by atoms with Gasteiger partial charge in [0.25, 0.3) is 0 Å². The van der Waals surface area contributed by atoms with Gasteiger partial charge in [-0.25, -0.2) is 4.98 Å². The summed E-state index contributed by atoms with van der Waals surface area (Å²) in [5.74, 6) is -0.0226. The summed E-state index contributed by atoms with van der Waals surface area (Å²) in [5, 5.41) is 14.9. The Morgan fingerprint density at radius 1 is 1.53 bits per heavy atom. The highest BCUT2D eigenvalue weighted by molar-refractivity contribution is 7.09. The number of nitrogens with one attached hydrogen (secondary N) is 1. The van der Waals surface area contributed by atoms with Gasteiger partial charge in [0, 0.05) is 31.6 Å². The third-order valence-electron chi connectivity index (χ3n) is 2.78. The van der Waals surface area contributed by atoms with Crippen molar-refractivity contribution in [3.8, 4) is 0 Å². The predicted molar refractivity (Wildman–Crippen MR) is 77.1 cm³/mol. The first kappa shape index (κ1) is 16.1. The monoisotopic (exact) mass is 285 g/mol. The van der Waals surface area contributed by atoms with Crippen molar-refractivity contribution in [2.45, 2.75) is 45.9 Å². The van der Waals surface area contributed by atoms with Gasteiger partial charge < -0.3 is 10.4 Å². The molecule has 1 amide bonds. The highest BCUT2D eigenvalue weighted by Crippen LogP contribution is 2.14. The molecule has 0 aromatic carbocycles. The van der Waals surface area contributed by atoms with E-state index in [0.29, 0.717) is 25.6 Å². The lowest BCUT2D eigenvalue weighted by Gasteiger charge is -2.26. The van der Waals surface area contributed by atoms with E-state index in [1.807, 2.05) is 5.38 Å². The van der Waals surface area contributed by atoms with Gasteiger partial charge in [0.1, 0.15) is 5.01 Å². The van der Waals surface area contributed by atoms with E-state index >= 15 is 0 Å². The summed E-state index contributed by atoms with van der Waals surface area (Å²) in [4.78, 5) is 17.9. The first-order chi connectivity index (χ1) is 8.92. The van der Waals surface area contributed by atoms with Crippen LogP contribution in [-0.4, -0.2) is 46.6 Å². The van der Waals surface area contributed by atoms with E-state index in [9.17, 15) is 9.90 Å². The molecule has 1 heterocycles. The number of rotatable bonds is 7. The third kappa shape index (κ3) is 5.67. The van der Waals surface area contributed by atoms with Gasteiger partial charge in [-0.05, 0) is 20.8 Å². The van der Waals surface area contributed by atoms with Crippen molar-refractivity contribution in [3.63, 3.8) is 0 Å². The molecule has 0 radical (unpaired) electrons. The zero-order valence-electron chi connectivity index (χ0n) is 12.0. The maximum atomic E-state index is 11.3. The molecule has 5 nitrogen and oxygen atoms in total. The molecule has 108 valence electrons. The molecule has 2 N–H and O–H groups in total. The second-order valence-electron chi connectivity index (χ2n) is 4.95. The Kier molecular flexibility index (Phi) is 6.41. The SMILES string of the molecule is CNC(=O)Cc1nc(CN(CC(C)O)C(C)C)cs1. The fraction of sp³-hybridized carbons (Fsp3) is 0.692. The Morgan fingerprint density at radius 2 is 2.21 bits per heavy atom. The van der Waals surface area contributed by atoms with Gasteiger partial charge >= 0.3 is 0 Å². The van der Waals surface area contributed by atoms with E-state index in [4.69, 9.17) is 0 Å². The lowest BCUT2D eigenvalue weighted by atomic mass is 10.2. The molecule has 1 rings (SSSR count). The zero-order chi connectivity index (χ0) is 14.4. The molecule has 0 saturated heterocycles. The Labute approximate surface area is 118 Å². The van der Waals surface area contributed by atoms with Crippen LogP contribution in [0.2, 0.25) is 0 Å². The minimum absolute atomic E-state index is 0.0226. The Hall–Kier alpha value is -0.980. The summed E-state index contributed by atoms with van der Waals surface area (Å²) < 4.78 is 0. The molecule has 0 spiro atoms. The lowest BCUT2D eigenvalue weighted by molar-refractivity contribution is -0.119. The number of aromatic nitrogens is 1. The van der Waals surface area contributed by atoms with Gasteiger partial charge in [0.15, 0.2) is 0 Å².